The molecule has 0 amide bonds. The molecular formula is C8H15NO3. The topological polar surface area (TPSA) is 47.6 Å². The molecule has 0 radical (unpaired) electrons. The van der Waals surface area contributed by atoms with E-state index in [1.165, 1.54) is 7.11 Å². The maximum Gasteiger partial charge on any atom is 0.332 e. The van der Waals surface area contributed by atoms with Gasteiger partial charge in [0.15, 0.2) is 0 Å². The highest BCUT2D eigenvalue weighted by molar-refractivity contribution is 5.70. The number of carbonyl (C=O) groups excluding carboxylic acids is 1. The van der Waals surface area contributed by atoms with Crippen LogP contribution in [0.5, 0.6) is 0 Å². The summed E-state index contributed by atoms with van der Waals surface area (Å²) < 4.78 is 9.76. The first kappa shape index (κ1) is 9.48. The number of carbonyl (C=O) groups is 1. The zero-order chi connectivity index (χ0) is 8.81. The zero-order valence-corrected chi connectivity index (χ0v) is 7.34. The summed E-state index contributed by atoms with van der Waals surface area (Å²) in [7, 11) is 1.49. The number of nitrogens with one attached hydrogen (secondary N) is 1. The lowest BCUT2D eigenvalue weighted by molar-refractivity contribution is -0.154. The van der Waals surface area contributed by atoms with Gasteiger partial charge in [0.05, 0.1) is 0 Å². The predicted octanol–water partition coefficient (Wildman–Crippen LogP) is -0.0720. The van der Waals surface area contributed by atoms with Crippen LogP contribution in [0.15, 0.2) is 0 Å². The van der Waals surface area contributed by atoms with E-state index < -0.39 is 0 Å². The number of esters is 1. The third-order valence-corrected chi connectivity index (χ3v) is 1.81. The van der Waals surface area contributed by atoms with Crippen LogP contribution in [-0.2, 0) is 14.3 Å². The summed E-state index contributed by atoms with van der Waals surface area (Å²) in [6.07, 6.45) is 2.08. The van der Waals surface area contributed by atoms with Crippen LogP contribution < -0.4 is 5.32 Å². The molecule has 1 atom stereocenters. The largest absolute Gasteiger partial charge is 0.459 e. The first-order chi connectivity index (χ1) is 5.83. The summed E-state index contributed by atoms with van der Waals surface area (Å²) in [4.78, 5) is 10.9. The minimum absolute atomic E-state index is 0.0430. The van der Waals surface area contributed by atoms with Crippen LogP contribution in [0.4, 0.5) is 0 Å². The molecule has 70 valence electrons. The van der Waals surface area contributed by atoms with Crippen molar-refractivity contribution in [1.82, 2.24) is 5.32 Å². The lowest BCUT2D eigenvalue weighted by Crippen LogP contribution is -2.37. The van der Waals surface area contributed by atoms with Gasteiger partial charge in [-0.2, -0.15) is 0 Å². The van der Waals surface area contributed by atoms with Crippen molar-refractivity contribution in [3.8, 4) is 0 Å². The molecule has 0 aromatic rings. The molecule has 0 bridgehead atoms. The maximum absolute atomic E-state index is 10.9. The van der Waals surface area contributed by atoms with E-state index in [9.17, 15) is 4.79 Å². The van der Waals surface area contributed by atoms with Crippen molar-refractivity contribution in [2.45, 2.75) is 18.9 Å². The lowest BCUT2D eigenvalue weighted by atomic mass is 10.1. The minimum atomic E-state index is -0.272. The van der Waals surface area contributed by atoms with Gasteiger partial charge >= 0.3 is 5.97 Å². The minimum Gasteiger partial charge on any atom is -0.459 e. The lowest BCUT2D eigenvalue weighted by Gasteiger charge is -2.22. The van der Waals surface area contributed by atoms with Crippen LogP contribution in [0.2, 0.25) is 0 Å². The van der Waals surface area contributed by atoms with Crippen LogP contribution in [-0.4, -0.2) is 38.9 Å². The highest BCUT2D eigenvalue weighted by Crippen LogP contribution is 2.05. The molecule has 1 rings (SSSR count). The Bertz CT molecular complexity index is 143. The SMILES string of the molecule is COCC(=O)O[C@H]1CCCNC1. The van der Waals surface area contributed by atoms with Crippen molar-refractivity contribution in [1.29, 1.82) is 0 Å². The molecule has 0 saturated carbocycles. The van der Waals surface area contributed by atoms with E-state index in [0.29, 0.717) is 0 Å². The molecule has 1 aliphatic heterocycles. The molecule has 1 saturated heterocycles. The molecule has 1 heterocycles. The van der Waals surface area contributed by atoms with E-state index >= 15 is 0 Å². The third-order valence-electron chi connectivity index (χ3n) is 1.81. The van der Waals surface area contributed by atoms with Gasteiger partial charge in [0, 0.05) is 13.7 Å². The van der Waals surface area contributed by atoms with Gasteiger partial charge in [-0.25, -0.2) is 4.79 Å². The van der Waals surface area contributed by atoms with Gasteiger partial charge in [-0.1, -0.05) is 0 Å². The Morgan fingerprint density at radius 2 is 2.50 bits per heavy atom. The Balaban J connectivity index is 2.15. The first-order valence-electron chi connectivity index (χ1n) is 4.22. The number of hydrogen-bond acceptors (Lipinski definition) is 4. The number of ether oxygens (including phenoxy) is 2. The van der Waals surface area contributed by atoms with Crippen molar-refractivity contribution < 1.29 is 14.3 Å². The summed E-state index contributed by atoms with van der Waals surface area (Å²) >= 11 is 0. The molecule has 1 fully saturated rings. The van der Waals surface area contributed by atoms with E-state index in [2.05, 4.69) is 10.1 Å². The maximum atomic E-state index is 10.9. The molecule has 4 heteroatoms. The molecule has 12 heavy (non-hydrogen) atoms. The first-order valence-corrected chi connectivity index (χ1v) is 4.22. The molecular weight excluding hydrogens is 158 g/mol. The van der Waals surface area contributed by atoms with Gasteiger partial charge in [0.1, 0.15) is 12.7 Å². The van der Waals surface area contributed by atoms with E-state index in [1.54, 1.807) is 0 Å². The molecule has 1 aliphatic rings. The van der Waals surface area contributed by atoms with E-state index in [0.717, 1.165) is 25.9 Å². The highest BCUT2D eigenvalue weighted by Gasteiger charge is 2.16. The van der Waals surface area contributed by atoms with Gasteiger partial charge in [-0.15, -0.1) is 0 Å². The fraction of sp³-hybridized carbons (Fsp3) is 0.875. The van der Waals surface area contributed by atoms with Crippen LogP contribution in [0, 0.1) is 0 Å². The van der Waals surface area contributed by atoms with Crippen molar-refractivity contribution in [2.24, 2.45) is 0 Å². The Morgan fingerprint density at radius 1 is 1.67 bits per heavy atom. The van der Waals surface area contributed by atoms with E-state index in [1.807, 2.05) is 0 Å². The molecule has 0 aromatic heterocycles. The number of hydrogen-bond donors (Lipinski definition) is 1. The summed E-state index contributed by atoms with van der Waals surface area (Å²) in [6, 6.07) is 0. The zero-order valence-electron chi connectivity index (χ0n) is 7.34. The number of methoxy groups -OCH3 is 1. The second-order valence-corrected chi connectivity index (χ2v) is 2.89. The van der Waals surface area contributed by atoms with Gasteiger partial charge in [0.25, 0.3) is 0 Å². The van der Waals surface area contributed by atoms with Gasteiger partial charge in [-0.3, -0.25) is 0 Å². The van der Waals surface area contributed by atoms with Gasteiger partial charge < -0.3 is 14.8 Å². The Labute approximate surface area is 72.2 Å². The van der Waals surface area contributed by atoms with Gasteiger partial charge in [-0.05, 0) is 19.4 Å². The number of rotatable bonds is 3. The van der Waals surface area contributed by atoms with E-state index in [4.69, 9.17) is 4.74 Å². The van der Waals surface area contributed by atoms with Crippen molar-refractivity contribution >= 4 is 5.97 Å². The summed E-state index contributed by atoms with van der Waals surface area (Å²) in [5, 5.41) is 3.16. The van der Waals surface area contributed by atoms with Crippen LogP contribution in [0.25, 0.3) is 0 Å². The van der Waals surface area contributed by atoms with Crippen molar-refractivity contribution in [3.05, 3.63) is 0 Å². The fourth-order valence-electron chi connectivity index (χ4n) is 1.26. The van der Waals surface area contributed by atoms with E-state index in [-0.39, 0.29) is 18.7 Å². The smallest absolute Gasteiger partial charge is 0.332 e. The average molecular weight is 173 g/mol. The molecule has 0 unspecified atom stereocenters. The van der Waals surface area contributed by atoms with Gasteiger partial charge in [0.2, 0.25) is 0 Å². The molecule has 0 spiro atoms. The predicted molar refractivity (Wildman–Crippen MR) is 43.9 cm³/mol. The normalized spacial score (nSPS) is 23.6. The Morgan fingerprint density at radius 3 is 3.08 bits per heavy atom. The fourth-order valence-corrected chi connectivity index (χ4v) is 1.26. The van der Waals surface area contributed by atoms with Crippen molar-refractivity contribution in [2.75, 3.05) is 26.8 Å². The second-order valence-electron chi connectivity index (χ2n) is 2.89. The van der Waals surface area contributed by atoms with Crippen LogP contribution >= 0.6 is 0 Å². The number of piperidine rings is 1. The highest BCUT2D eigenvalue weighted by atomic mass is 16.6. The van der Waals surface area contributed by atoms with Crippen molar-refractivity contribution in [3.63, 3.8) is 0 Å². The monoisotopic (exact) mass is 173 g/mol. The summed E-state index contributed by atoms with van der Waals surface area (Å²) in [6.45, 7) is 1.85. The third kappa shape index (κ3) is 3.19. The second kappa shape index (κ2) is 5.11. The van der Waals surface area contributed by atoms with Crippen LogP contribution in [0.1, 0.15) is 12.8 Å². The molecule has 1 N–H and O–H groups in total. The molecule has 0 aliphatic carbocycles. The molecule has 4 nitrogen and oxygen atoms in total. The van der Waals surface area contributed by atoms with Crippen LogP contribution in [0.3, 0.4) is 0 Å². The summed E-state index contributed by atoms with van der Waals surface area (Å²) in [5.74, 6) is -0.272. The summed E-state index contributed by atoms with van der Waals surface area (Å²) in [5.41, 5.74) is 0. The molecule has 0 aromatic carbocycles. The Kier molecular flexibility index (Phi) is 4.04. The average Bonchev–Trinajstić information content (AvgIpc) is 2.06. The standard InChI is InChI=1S/C8H15NO3/c1-11-6-8(10)12-7-3-2-4-9-5-7/h7,9H,2-6H2,1H3/t7-/m0/s1. The Hall–Kier alpha value is -0.610. The quantitative estimate of drug-likeness (QED) is 0.607.